The van der Waals surface area contributed by atoms with Crippen molar-refractivity contribution in [1.29, 1.82) is 5.26 Å². The molecule has 1 unspecified atom stereocenters. The number of hydrogen-bond acceptors (Lipinski definition) is 9. The van der Waals surface area contributed by atoms with Gasteiger partial charge in [0, 0.05) is 12.1 Å². The van der Waals surface area contributed by atoms with E-state index in [1.165, 1.54) is 19.1 Å². The van der Waals surface area contributed by atoms with Crippen LogP contribution in [0.5, 0.6) is 0 Å². The molecule has 15 heteroatoms. The number of carbonyl (C=O) groups excluding carboxylic acids is 4. The molecule has 15 nitrogen and oxygen atoms in total. The lowest BCUT2D eigenvalue weighted by atomic mass is 9.85. The highest BCUT2D eigenvalue weighted by molar-refractivity contribution is 5.91. The molecule has 4 amide bonds. The maximum Gasteiger partial charge on any atom is 0.407 e. The number of alkyl carbamates (subject to hydrolysis) is 2. The lowest BCUT2D eigenvalue weighted by molar-refractivity contribution is -0.137. The third kappa shape index (κ3) is 9.00. The van der Waals surface area contributed by atoms with Crippen molar-refractivity contribution in [3.63, 3.8) is 0 Å². The fourth-order valence-corrected chi connectivity index (χ4v) is 8.35. The number of rotatable bonds is 12. The van der Waals surface area contributed by atoms with Gasteiger partial charge in [-0.2, -0.15) is 5.26 Å². The zero-order valence-electron chi connectivity index (χ0n) is 36.5. The molecule has 3 heterocycles. The van der Waals surface area contributed by atoms with E-state index in [0.29, 0.717) is 12.4 Å². The van der Waals surface area contributed by atoms with Crippen LogP contribution in [0.15, 0.2) is 73.1 Å². The fraction of sp³-hybridized carbons (Fsp3) is 0.426. The number of aromatic amines is 2. The van der Waals surface area contributed by atoms with Crippen molar-refractivity contribution >= 4 is 34.8 Å². The molecule has 0 bridgehead atoms. The van der Waals surface area contributed by atoms with Gasteiger partial charge < -0.3 is 39.9 Å². The largest absolute Gasteiger partial charge is 0.453 e. The molecule has 1 spiro atoms. The van der Waals surface area contributed by atoms with Gasteiger partial charge in [0.05, 0.1) is 56.2 Å². The Balaban J connectivity index is 1.05. The molecule has 324 valence electrons. The number of hydrogen-bond donors (Lipinski definition) is 4. The zero-order valence-corrected chi connectivity index (χ0v) is 36.5. The number of methoxy groups -OCH3 is 2. The molecule has 5 aromatic rings. The number of nitrogens with zero attached hydrogens (tertiary/aromatic N) is 5. The number of nitrogens with one attached hydrogen (secondary N) is 4. The van der Waals surface area contributed by atoms with Crippen LogP contribution in [0.1, 0.15) is 84.5 Å². The van der Waals surface area contributed by atoms with E-state index in [9.17, 15) is 24.4 Å². The number of benzene rings is 3. The highest BCUT2D eigenvalue weighted by Gasteiger charge is 2.55. The molecule has 3 aromatic carbocycles. The summed E-state index contributed by atoms with van der Waals surface area (Å²) in [7, 11) is 2.54. The number of imidazole rings is 2. The summed E-state index contributed by atoms with van der Waals surface area (Å²) in [5, 5.41) is 17.1. The number of fused-ring (bicyclic) bond motifs is 1. The number of carbonyl (C=O) groups is 4. The van der Waals surface area contributed by atoms with Gasteiger partial charge in [0.15, 0.2) is 0 Å². The molecule has 2 fully saturated rings. The summed E-state index contributed by atoms with van der Waals surface area (Å²) in [6.07, 6.45) is 5.18. The van der Waals surface area contributed by atoms with Crippen LogP contribution in [0.25, 0.3) is 44.4 Å². The van der Waals surface area contributed by atoms with Gasteiger partial charge in [-0.05, 0) is 82.5 Å². The number of ether oxygens (including phenoxy) is 2. The third-order valence-electron chi connectivity index (χ3n) is 12.3. The van der Waals surface area contributed by atoms with Gasteiger partial charge in [0.2, 0.25) is 11.8 Å². The average Bonchev–Trinajstić information content (AvgIpc) is 3.60. The van der Waals surface area contributed by atoms with Crippen LogP contribution < -0.4 is 10.6 Å². The Morgan fingerprint density at radius 1 is 0.855 bits per heavy atom. The average molecular weight is 842 g/mol. The maximum absolute atomic E-state index is 13.9. The second kappa shape index (κ2) is 17.4. The van der Waals surface area contributed by atoms with Crippen molar-refractivity contribution in [1.82, 2.24) is 40.4 Å². The Labute approximate surface area is 361 Å². The van der Waals surface area contributed by atoms with Crippen molar-refractivity contribution < 1.29 is 28.7 Å². The Morgan fingerprint density at radius 3 is 2.05 bits per heavy atom. The van der Waals surface area contributed by atoms with E-state index < -0.39 is 41.6 Å². The van der Waals surface area contributed by atoms with E-state index in [0.717, 1.165) is 69.5 Å². The van der Waals surface area contributed by atoms with Gasteiger partial charge in [-0.15, -0.1) is 0 Å². The van der Waals surface area contributed by atoms with Crippen LogP contribution in [-0.2, 0) is 19.1 Å². The topological polar surface area (TPSA) is 198 Å². The number of aromatic nitrogens is 4. The summed E-state index contributed by atoms with van der Waals surface area (Å²) < 4.78 is 9.57. The zero-order chi connectivity index (χ0) is 44.5. The van der Waals surface area contributed by atoms with Gasteiger partial charge >= 0.3 is 12.2 Å². The standard InChI is InChI=1S/C47H55N9O6/c1-27(2)38(53-44(59)61-7)42(57)56-26-47(17-18-47)23-37(56)41-50-24-35(52-41)30-11-9-29(10-12-30)31-13-14-33-22-34(16-15-32(33)21-31)36-25-49-40(51-36)28(3)55(20-19-48)43(58)39(46(4,5)6)54-45(60)62-8/h9-16,21-22,24-25,27-28,37-39H,17-18,20,23,26H2,1-8H3,(H,49,51)(H,50,52)(H,53,59)(H,54,60)/t28-,37-,38-,39?/m0/s1. The summed E-state index contributed by atoms with van der Waals surface area (Å²) in [5.41, 5.74) is 5.08. The highest BCUT2D eigenvalue weighted by Crippen LogP contribution is 2.58. The molecule has 1 saturated heterocycles. The Bertz CT molecular complexity index is 2510. The number of amides is 4. The summed E-state index contributed by atoms with van der Waals surface area (Å²) in [6.45, 7) is 11.6. The second-order valence-corrected chi connectivity index (χ2v) is 18.0. The van der Waals surface area contributed by atoms with Crippen molar-refractivity contribution in [2.45, 2.75) is 85.0 Å². The molecule has 1 saturated carbocycles. The Hall–Kier alpha value is -6.69. The predicted octanol–water partition coefficient (Wildman–Crippen LogP) is 7.91. The Morgan fingerprint density at radius 2 is 1.44 bits per heavy atom. The Kier molecular flexibility index (Phi) is 12.1. The highest BCUT2D eigenvalue weighted by atomic mass is 16.5. The monoisotopic (exact) mass is 841 g/mol. The normalized spacial score (nSPS) is 17.0. The van der Waals surface area contributed by atoms with Crippen molar-refractivity contribution in [2.75, 3.05) is 27.3 Å². The minimum absolute atomic E-state index is 0.110. The molecule has 2 aromatic heterocycles. The fourth-order valence-electron chi connectivity index (χ4n) is 8.35. The summed E-state index contributed by atoms with van der Waals surface area (Å²) in [6, 6.07) is 20.5. The van der Waals surface area contributed by atoms with Gasteiger partial charge in [-0.1, -0.05) is 83.1 Å². The van der Waals surface area contributed by atoms with Gasteiger partial charge in [0.25, 0.3) is 0 Å². The number of nitriles is 1. The molecular weight excluding hydrogens is 787 g/mol. The van der Waals surface area contributed by atoms with Crippen LogP contribution >= 0.6 is 0 Å². The smallest absolute Gasteiger partial charge is 0.407 e. The number of likely N-dealkylation sites (tertiary alicyclic amines) is 1. The quantitative estimate of drug-likeness (QED) is 0.0902. The molecule has 4 atom stereocenters. The lowest BCUT2D eigenvalue weighted by Gasteiger charge is -2.35. The van der Waals surface area contributed by atoms with E-state index in [1.807, 2.05) is 51.8 Å². The van der Waals surface area contributed by atoms with Crippen LogP contribution in [0.2, 0.25) is 0 Å². The van der Waals surface area contributed by atoms with E-state index in [4.69, 9.17) is 14.5 Å². The molecule has 0 radical (unpaired) electrons. The predicted molar refractivity (Wildman–Crippen MR) is 234 cm³/mol. The second-order valence-electron chi connectivity index (χ2n) is 18.0. The first-order valence-corrected chi connectivity index (χ1v) is 21.0. The molecule has 1 aliphatic heterocycles. The van der Waals surface area contributed by atoms with E-state index in [-0.39, 0.29) is 29.8 Å². The first kappa shape index (κ1) is 43.4. The van der Waals surface area contributed by atoms with Gasteiger partial charge in [-0.25, -0.2) is 19.6 Å². The first-order chi connectivity index (χ1) is 29.5. The first-order valence-electron chi connectivity index (χ1n) is 21.0. The maximum atomic E-state index is 13.9. The summed E-state index contributed by atoms with van der Waals surface area (Å²) in [5.74, 6) is 0.599. The molecule has 62 heavy (non-hydrogen) atoms. The van der Waals surface area contributed by atoms with Crippen LogP contribution in [-0.4, -0.2) is 93.1 Å². The molecule has 7 rings (SSSR count). The number of H-pyrrole nitrogens is 2. The van der Waals surface area contributed by atoms with Crippen molar-refractivity contribution in [3.05, 3.63) is 84.7 Å². The van der Waals surface area contributed by atoms with E-state index >= 15 is 0 Å². The van der Waals surface area contributed by atoms with E-state index in [2.05, 4.69) is 86.3 Å². The minimum atomic E-state index is -0.931. The van der Waals surface area contributed by atoms with Crippen LogP contribution in [0.4, 0.5) is 9.59 Å². The summed E-state index contributed by atoms with van der Waals surface area (Å²) in [4.78, 5) is 71.4. The summed E-state index contributed by atoms with van der Waals surface area (Å²) >= 11 is 0. The van der Waals surface area contributed by atoms with Crippen molar-refractivity contribution in [3.8, 4) is 39.7 Å². The molecule has 2 aliphatic rings. The minimum Gasteiger partial charge on any atom is -0.453 e. The van der Waals surface area contributed by atoms with Gasteiger partial charge in [-0.3, -0.25) is 9.59 Å². The molecule has 4 N–H and O–H groups in total. The molecular formula is C47H55N9O6. The van der Waals surface area contributed by atoms with Crippen molar-refractivity contribution in [2.24, 2.45) is 16.7 Å². The van der Waals surface area contributed by atoms with Gasteiger partial charge in [0.1, 0.15) is 30.3 Å². The van der Waals surface area contributed by atoms with Crippen LogP contribution in [0, 0.1) is 28.1 Å². The van der Waals surface area contributed by atoms with Crippen LogP contribution in [0.3, 0.4) is 0 Å². The molecule has 1 aliphatic carbocycles. The van der Waals surface area contributed by atoms with E-state index in [1.54, 1.807) is 13.1 Å². The third-order valence-corrected chi connectivity index (χ3v) is 12.3. The lowest BCUT2D eigenvalue weighted by Crippen LogP contribution is -2.55. The SMILES string of the molecule is COC(=O)NC(C(=O)N(CC#N)[C@@H](C)c1ncc(-c2ccc3cc(-c4ccc(-c5cnc([C@@H]6CC7(CC7)CN6C(=O)[C@@H](NC(=O)OC)C(C)C)[nH]5)cc4)ccc3c2)[nH]1)C(C)(C)C.